The van der Waals surface area contributed by atoms with Crippen LogP contribution in [0.25, 0.3) is 0 Å². The van der Waals surface area contributed by atoms with Crippen LogP contribution in [0.15, 0.2) is 22.7 Å². The summed E-state index contributed by atoms with van der Waals surface area (Å²) in [7, 11) is 0. The molecule has 0 atom stereocenters. The zero-order valence-corrected chi connectivity index (χ0v) is 14.0. The van der Waals surface area contributed by atoms with E-state index in [0.717, 1.165) is 41.7 Å². The van der Waals surface area contributed by atoms with Gasteiger partial charge in [-0.2, -0.15) is 0 Å². The average molecular weight is 355 g/mol. The van der Waals surface area contributed by atoms with E-state index in [0.29, 0.717) is 6.04 Å². The summed E-state index contributed by atoms with van der Waals surface area (Å²) in [6, 6.07) is 6.53. The Balaban J connectivity index is 1.84. The van der Waals surface area contributed by atoms with Crippen molar-refractivity contribution in [1.29, 1.82) is 0 Å². The van der Waals surface area contributed by atoms with E-state index in [1.807, 2.05) is 18.2 Å². The molecule has 1 aliphatic carbocycles. The third-order valence-corrected chi connectivity index (χ3v) is 3.89. The van der Waals surface area contributed by atoms with Gasteiger partial charge in [-0.15, -0.1) is 0 Å². The highest BCUT2D eigenvalue weighted by Crippen LogP contribution is 2.25. The van der Waals surface area contributed by atoms with Gasteiger partial charge in [-0.05, 0) is 37.5 Å². The predicted octanol–water partition coefficient (Wildman–Crippen LogP) is 3.00. The van der Waals surface area contributed by atoms with Gasteiger partial charge in [0.25, 0.3) is 5.91 Å². The van der Waals surface area contributed by atoms with Crippen molar-refractivity contribution in [3.63, 3.8) is 0 Å². The van der Waals surface area contributed by atoms with E-state index >= 15 is 0 Å². The van der Waals surface area contributed by atoms with Gasteiger partial charge in [0.15, 0.2) is 6.61 Å². The number of amides is 1. The maximum absolute atomic E-state index is 11.7. The molecule has 1 amide bonds. The number of benzene rings is 1. The molecule has 4 nitrogen and oxygen atoms in total. The van der Waals surface area contributed by atoms with Crippen LogP contribution < -0.4 is 15.4 Å². The smallest absolute Gasteiger partial charge is 0.257 e. The fraction of sp³-hybridized carbons (Fsp3) is 0.562. The summed E-state index contributed by atoms with van der Waals surface area (Å²) in [6.07, 6.45) is 4.58. The lowest BCUT2D eigenvalue weighted by Gasteiger charge is -2.12. The lowest BCUT2D eigenvalue weighted by Crippen LogP contribution is -2.29. The van der Waals surface area contributed by atoms with Crippen molar-refractivity contribution in [3.05, 3.63) is 28.2 Å². The summed E-state index contributed by atoms with van der Waals surface area (Å²) < 4.78 is 6.69. The third kappa shape index (κ3) is 6.06. The molecule has 1 saturated carbocycles. The second-order valence-corrected chi connectivity index (χ2v) is 6.32. The van der Waals surface area contributed by atoms with Crippen LogP contribution in [0.2, 0.25) is 0 Å². The van der Waals surface area contributed by atoms with Crippen molar-refractivity contribution >= 4 is 21.8 Å². The number of halogens is 1. The van der Waals surface area contributed by atoms with E-state index in [1.54, 1.807) is 0 Å². The van der Waals surface area contributed by atoms with Crippen molar-refractivity contribution in [2.75, 3.05) is 13.2 Å². The minimum absolute atomic E-state index is 0.0625. The monoisotopic (exact) mass is 354 g/mol. The Hall–Kier alpha value is -1.07. The molecule has 0 aliphatic heterocycles. The summed E-state index contributed by atoms with van der Waals surface area (Å²) in [6.45, 7) is 3.66. The highest BCUT2D eigenvalue weighted by Gasteiger charge is 2.20. The average Bonchev–Trinajstić information content (AvgIpc) is 3.28. The molecule has 0 spiro atoms. The minimum Gasteiger partial charge on any atom is -0.483 e. The van der Waals surface area contributed by atoms with Gasteiger partial charge in [-0.1, -0.05) is 29.3 Å². The molecule has 1 aromatic carbocycles. The molecule has 1 aliphatic rings. The van der Waals surface area contributed by atoms with Crippen LogP contribution >= 0.6 is 15.9 Å². The second kappa shape index (κ2) is 8.39. The van der Waals surface area contributed by atoms with E-state index < -0.39 is 0 Å². The molecule has 2 rings (SSSR count). The normalized spacial score (nSPS) is 14.0. The van der Waals surface area contributed by atoms with Crippen molar-refractivity contribution in [3.8, 4) is 5.75 Å². The quantitative estimate of drug-likeness (QED) is 0.670. The molecular weight excluding hydrogens is 332 g/mol. The molecule has 1 fully saturated rings. The lowest BCUT2D eigenvalue weighted by atomic mass is 10.2. The Labute approximate surface area is 134 Å². The molecule has 0 unspecified atom stereocenters. The van der Waals surface area contributed by atoms with Crippen LogP contribution in [-0.2, 0) is 11.3 Å². The Morgan fingerprint density at radius 3 is 2.95 bits per heavy atom. The van der Waals surface area contributed by atoms with E-state index in [2.05, 4.69) is 33.5 Å². The zero-order chi connectivity index (χ0) is 15.1. The van der Waals surface area contributed by atoms with Gasteiger partial charge < -0.3 is 15.4 Å². The molecule has 0 aromatic heterocycles. The molecule has 5 heteroatoms. The fourth-order valence-electron chi connectivity index (χ4n) is 1.97. The van der Waals surface area contributed by atoms with Crippen LogP contribution in [0.1, 0.15) is 38.2 Å². The SMILES string of the molecule is CCCCNC(=O)COc1ccc(Br)cc1CNC1CC1. The van der Waals surface area contributed by atoms with E-state index in [9.17, 15) is 4.79 Å². The Kier molecular flexibility index (Phi) is 6.51. The van der Waals surface area contributed by atoms with Gasteiger partial charge in [0.2, 0.25) is 0 Å². The number of nitrogens with one attached hydrogen (secondary N) is 2. The van der Waals surface area contributed by atoms with Crippen LogP contribution in [0.4, 0.5) is 0 Å². The molecule has 0 radical (unpaired) electrons. The number of hydrogen-bond donors (Lipinski definition) is 2. The van der Waals surface area contributed by atoms with E-state index in [1.165, 1.54) is 12.8 Å². The highest BCUT2D eigenvalue weighted by atomic mass is 79.9. The summed E-state index contributed by atoms with van der Waals surface area (Å²) in [5.41, 5.74) is 1.08. The number of carbonyl (C=O) groups is 1. The predicted molar refractivity (Wildman–Crippen MR) is 87.4 cm³/mol. The first-order valence-corrected chi connectivity index (χ1v) is 8.39. The first-order valence-electron chi connectivity index (χ1n) is 7.60. The topological polar surface area (TPSA) is 50.4 Å². The number of rotatable bonds is 9. The number of hydrogen-bond acceptors (Lipinski definition) is 3. The molecule has 2 N–H and O–H groups in total. The largest absolute Gasteiger partial charge is 0.483 e. The molecule has 1 aromatic rings. The van der Waals surface area contributed by atoms with Gasteiger partial charge in [0, 0.05) is 29.2 Å². The highest BCUT2D eigenvalue weighted by molar-refractivity contribution is 9.10. The van der Waals surface area contributed by atoms with Crippen LogP contribution in [0, 0.1) is 0 Å². The Morgan fingerprint density at radius 1 is 1.43 bits per heavy atom. The van der Waals surface area contributed by atoms with Crippen LogP contribution in [0.3, 0.4) is 0 Å². The third-order valence-electron chi connectivity index (χ3n) is 3.39. The van der Waals surface area contributed by atoms with Gasteiger partial charge >= 0.3 is 0 Å². The summed E-state index contributed by atoms with van der Waals surface area (Å²) in [4.78, 5) is 11.7. The molecule has 0 heterocycles. The number of carbonyl (C=O) groups excluding carboxylic acids is 1. The van der Waals surface area contributed by atoms with Crippen LogP contribution in [-0.4, -0.2) is 25.1 Å². The summed E-state index contributed by atoms with van der Waals surface area (Å²) in [5, 5.41) is 6.32. The lowest BCUT2D eigenvalue weighted by molar-refractivity contribution is -0.123. The Bertz CT molecular complexity index is 475. The molecule has 0 saturated heterocycles. The van der Waals surface area contributed by atoms with Crippen molar-refractivity contribution in [2.45, 2.75) is 45.2 Å². The molecule has 21 heavy (non-hydrogen) atoms. The number of ether oxygens (including phenoxy) is 1. The van der Waals surface area contributed by atoms with Gasteiger partial charge in [0.1, 0.15) is 5.75 Å². The van der Waals surface area contributed by atoms with Crippen LogP contribution in [0.5, 0.6) is 5.75 Å². The maximum atomic E-state index is 11.7. The zero-order valence-electron chi connectivity index (χ0n) is 12.5. The summed E-state index contributed by atoms with van der Waals surface area (Å²) >= 11 is 3.48. The molecule has 0 bridgehead atoms. The van der Waals surface area contributed by atoms with Crippen molar-refractivity contribution in [2.24, 2.45) is 0 Å². The van der Waals surface area contributed by atoms with Gasteiger partial charge in [0.05, 0.1) is 0 Å². The van der Waals surface area contributed by atoms with E-state index in [-0.39, 0.29) is 12.5 Å². The first kappa shape index (κ1) is 16.3. The van der Waals surface area contributed by atoms with Gasteiger partial charge in [-0.3, -0.25) is 4.79 Å². The minimum atomic E-state index is -0.0625. The summed E-state index contributed by atoms with van der Waals surface area (Å²) in [5.74, 6) is 0.712. The van der Waals surface area contributed by atoms with Crippen molar-refractivity contribution < 1.29 is 9.53 Å². The Morgan fingerprint density at radius 2 is 2.24 bits per heavy atom. The fourth-order valence-corrected chi connectivity index (χ4v) is 2.38. The van der Waals surface area contributed by atoms with E-state index in [4.69, 9.17) is 4.74 Å². The second-order valence-electron chi connectivity index (χ2n) is 5.40. The molecular formula is C16H23BrN2O2. The molecule has 116 valence electrons. The van der Waals surface area contributed by atoms with Gasteiger partial charge in [-0.25, -0.2) is 0 Å². The number of unbranched alkanes of at least 4 members (excludes halogenated alkanes) is 1. The first-order chi connectivity index (χ1) is 10.2. The van der Waals surface area contributed by atoms with Crippen molar-refractivity contribution in [1.82, 2.24) is 10.6 Å². The standard InChI is InChI=1S/C16H23BrN2O2/c1-2-3-8-18-16(20)11-21-15-7-4-13(17)9-12(15)10-19-14-5-6-14/h4,7,9,14,19H,2-3,5-6,8,10-11H2,1H3,(H,18,20). The maximum Gasteiger partial charge on any atom is 0.257 e.